The van der Waals surface area contributed by atoms with Gasteiger partial charge in [-0.25, -0.2) is 9.97 Å². The average Bonchev–Trinajstić information content (AvgIpc) is 3.73. The molecule has 2 aliphatic rings. The van der Waals surface area contributed by atoms with Gasteiger partial charge in [0.25, 0.3) is 0 Å². The van der Waals surface area contributed by atoms with Crippen LogP contribution in [0.4, 0.5) is 0 Å². The highest BCUT2D eigenvalue weighted by atomic mass is 14.9. The molecule has 254 valence electrons. The highest BCUT2D eigenvalue weighted by Gasteiger charge is 2.52. The molecule has 2 aliphatic carbocycles. The summed E-state index contributed by atoms with van der Waals surface area (Å²) >= 11 is 0. The fourth-order valence-electron chi connectivity index (χ4n) is 9.80. The molecule has 0 fully saturated rings. The van der Waals surface area contributed by atoms with E-state index in [9.17, 15) is 0 Å². The van der Waals surface area contributed by atoms with Crippen LogP contribution in [0.1, 0.15) is 22.3 Å². The summed E-state index contributed by atoms with van der Waals surface area (Å²) in [6.45, 7) is 0. The predicted octanol–water partition coefficient (Wildman–Crippen LogP) is 13.3. The van der Waals surface area contributed by atoms with Gasteiger partial charge in [-0.15, -0.1) is 0 Å². The second kappa shape index (κ2) is 11.4. The third kappa shape index (κ3) is 4.19. The van der Waals surface area contributed by atoms with Crippen molar-refractivity contribution in [2.24, 2.45) is 0 Å². The summed E-state index contributed by atoms with van der Waals surface area (Å²) in [5.74, 6) is 0.715. The Balaban J connectivity index is 1.13. The molecule has 0 saturated heterocycles. The van der Waals surface area contributed by atoms with Gasteiger partial charge < -0.3 is 0 Å². The van der Waals surface area contributed by atoms with Crippen LogP contribution in [0.3, 0.4) is 0 Å². The van der Waals surface area contributed by atoms with Crippen LogP contribution in [0, 0.1) is 0 Å². The Bertz CT molecular complexity index is 3170. The van der Waals surface area contributed by atoms with Crippen molar-refractivity contribution in [1.82, 2.24) is 9.97 Å². The Kier molecular flexibility index (Phi) is 6.29. The van der Waals surface area contributed by atoms with Crippen molar-refractivity contribution < 1.29 is 0 Å². The molecule has 0 aliphatic heterocycles. The maximum atomic E-state index is 5.41. The molecule has 10 aromatic rings. The molecule has 1 heterocycles. The minimum Gasteiger partial charge on any atom is -0.228 e. The zero-order chi connectivity index (χ0) is 36.1. The molecule has 0 bridgehead atoms. The fraction of sp³-hybridized carbons (Fsp3) is 0.0189. The average molecular weight is 697 g/mol. The highest BCUT2D eigenvalue weighted by molar-refractivity contribution is 6.15. The Hall–Kier alpha value is -7.16. The lowest BCUT2D eigenvalue weighted by atomic mass is 9.70. The molecule has 0 saturated carbocycles. The maximum Gasteiger partial charge on any atom is 0.160 e. The maximum absolute atomic E-state index is 5.41. The van der Waals surface area contributed by atoms with Gasteiger partial charge in [0, 0.05) is 16.7 Å². The summed E-state index contributed by atoms with van der Waals surface area (Å²) in [5.41, 5.74) is 15.0. The van der Waals surface area contributed by atoms with E-state index in [1.54, 1.807) is 0 Å². The van der Waals surface area contributed by atoms with Crippen LogP contribution >= 0.6 is 0 Å². The molecular formula is C53H32N2. The molecule has 2 heteroatoms. The molecule has 1 aromatic heterocycles. The van der Waals surface area contributed by atoms with E-state index in [2.05, 4.69) is 188 Å². The molecule has 55 heavy (non-hydrogen) atoms. The van der Waals surface area contributed by atoms with Crippen LogP contribution in [-0.2, 0) is 5.41 Å². The molecule has 0 atom stereocenters. The highest BCUT2D eigenvalue weighted by Crippen LogP contribution is 2.63. The second-order valence-electron chi connectivity index (χ2n) is 14.8. The number of rotatable bonds is 3. The first-order valence-corrected chi connectivity index (χ1v) is 19.0. The smallest absolute Gasteiger partial charge is 0.160 e. The monoisotopic (exact) mass is 696 g/mol. The zero-order valence-electron chi connectivity index (χ0n) is 29.9. The van der Waals surface area contributed by atoms with Crippen LogP contribution in [0.5, 0.6) is 0 Å². The van der Waals surface area contributed by atoms with Gasteiger partial charge in [0.05, 0.1) is 16.8 Å². The summed E-state index contributed by atoms with van der Waals surface area (Å²) in [6, 6.07) is 70.8. The number of benzene rings is 9. The third-order valence-corrected chi connectivity index (χ3v) is 12.1. The van der Waals surface area contributed by atoms with Crippen molar-refractivity contribution in [3.63, 3.8) is 0 Å². The molecule has 0 unspecified atom stereocenters. The van der Waals surface area contributed by atoms with E-state index < -0.39 is 5.41 Å². The molecule has 12 rings (SSSR count). The van der Waals surface area contributed by atoms with Crippen molar-refractivity contribution in [2.75, 3.05) is 0 Å². The minimum atomic E-state index is -0.423. The van der Waals surface area contributed by atoms with Crippen LogP contribution in [0.15, 0.2) is 194 Å². The minimum absolute atomic E-state index is 0.423. The van der Waals surface area contributed by atoms with Gasteiger partial charge in [-0.2, -0.15) is 0 Å². The van der Waals surface area contributed by atoms with E-state index in [1.165, 1.54) is 76.8 Å². The standard InChI is InChI=1S/C53H32N2/c1-2-14-33(15-3-1)52-54-49(41-22-12-21-37-38(41)29-28-36-30-34-16-4-5-17-35(34)31-44(36)37)32-50(55-52)43-23-13-27-48-51(43)42-20-8-11-26-47(42)53(48)45-24-9-6-18-39(45)40-19-7-10-25-46(40)53/h1-32H. The first-order chi connectivity index (χ1) is 27.3. The van der Waals surface area contributed by atoms with Gasteiger partial charge in [-0.3, -0.25) is 0 Å². The summed E-state index contributed by atoms with van der Waals surface area (Å²) < 4.78 is 0. The predicted molar refractivity (Wildman–Crippen MR) is 227 cm³/mol. The van der Waals surface area contributed by atoms with Gasteiger partial charge in [-0.1, -0.05) is 176 Å². The summed E-state index contributed by atoms with van der Waals surface area (Å²) in [5, 5.41) is 7.37. The number of fused-ring (bicyclic) bond motifs is 14. The molecular weight excluding hydrogens is 665 g/mol. The van der Waals surface area contributed by atoms with E-state index in [0.29, 0.717) is 5.82 Å². The van der Waals surface area contributed by atoms with Crippen molar-refractivity contribution in [2.45, 2.75) is 5.41 Å². The summed E-state index contributed by atoms with van der Waals surface area (Å²) in [6.07, 6.45) is 0. The quantitative estimate of drug-likeness (QED) is 0.136. The van der Waals surface area contributed by atoms with Gasteiger partial charge in [0.2, 0.25) is 0 Å². The first-order valence-electron chi connectivity index (χ1n) is 19.0. The Morgan fingerprint density at radius 2 is 0.855 bits per heavy atom. The normalized spacial score (nSPS) is 13.2. The van der Waals surface area contributed by atoms with Crippen molar-refractivity contribution in [1.29, 1.82) is 0 Å². The molecule has 9 aromatic carbocycles. The van der Waals surface area contributed by atoms with E-state index >= 15 is 0 Å². The number of hydrogen-bond donors (Lipinski definition) is 0. The van der Waals surface area contributed by atoms with Gasteiger partial charge in [-0.05, 0) is 95.0 Å². The van der Waals surface area contributed by atoms with Crippen molar-refractivity contribution in [3.05, 3.63) is 216 Å². The largest absolute Gasteiger partial charge is 0.228 e. The van der Waals surface area contributed by atoms with E-state index in [0.717, 1.165) is 28.1 Å². The van der Waals surface area contributed by atoms with Crippen LogP contribution < -0.4 is 0 Å². The lowest BCUT2D eigenvalue weighted by Crippen LogP contribution is -2.25. The summed E-state index contributed by atoms with van der Waals surface area (Å²) in [4.78, 5) is 10.7. The van der Waals surface area contributed by atoms with Crippen molar-refractivity contribution >= 4 is 32.3 Å². The second-order valence-corrected chi connectivity index (χ2v) is 14.8. The Morgan fingerprint density at radius 3 is 1.60 bits per heavy atom. The Labute approximate surface area is 319 Å². The SMILES string of the molecule is c1ccc(-c2nc(-c3cccc4c3-c3ccccc3C43c4ccccc4-c4ccccc43)cc(-c3cccc4c3ccc3cc5ccccc5cc34)n2)cc1. The van der Waals surface area contributed by atoms with E-state index in [4.69, 9.17) is 9.97 Å². The fourth-order valence-corrected chi connectivity index (χ4v) is 9.80. The van der Waals surface area contributed by atoms with Crippen LogP contribution in [0.2, 0.25) is 0 Å². The number of nitrogens with zero attached hydrogens (tertiary/aromatic N) is 2. The first kappa shape index (κ1) is 30.3. The van der Waals surface area contributed by atoms with Crippen molar-refractivity contribution in [3.8, 4) is 56.2 Å². The molecule has 1 spiro atoms. The van der Waals surface area contributed by atoms with Crippen LogP contribution in [-0.4, -0.2) is 9.97 Å². The number of aromatic nitrogens is 2. The van der Waals surface area contributed by atoms with Gasteiger partial charge in [0.15, 0.2) is 5.82 Å². The topological polar surface area (TPSA) is 25.8 Å². The van der Waals surface area contributed by atoms with Gasteiger partial charge in [0.1, 0.15) is 0 Å². The molecule has 2 nitrogen and oxygen atoms in total. The molecule has 0 amide bonds. The Morgan fingerprint density at radius 1 is 0.309 bits per heavy atom. The number of hydrogen-bond acceptors (Lipinski definition) is 2. The zero-order valence-corrected chi connectivity index (χ0v) is 29.9. The van der Waals surface area contributed by atoms with E-state index in [-0.39, 0.29) is 0 Å². The lowest BCUT2D eigenvalue weighted by Gasteiger charge is -2.30. The summed E-state index contributed by atoms with van der Waals surface area (Å²) in [7, 11) is 0. The molecule has 0 N–H and O–H groups in total. The van der Waals surface area contributed by atoms with Crippen LogP contribution in [0.25, 0.3) is 88.5 Å². The lowest BCUT2D eigenvalue weighted by molar-refractivity contribution is 0.794. The van der Waals surface area contributed by atoms with E-state index in [1.807, 2.05) is 6.07 Å². The van der Waals surface area contributed by atoms with Gasteiger partial charge >= 0.3 is 0 Å². The third-order valence-electron chi connectivity index (χ3n) is 12.1. The molecule has 0 radical (unpaired) electrons.